The molecule has 0 aliphatic heterocycles. The Morgan fingerprint density at radius 3 is 2.32 bits per heavy atom. The van der Waals surface area contributed by atoms with Crippen LogP contribution in [0.15, 0.2) is 54.2 Å². The Morgan fingerprint density at radius 1 is 1.03 bits per heavy atom. The summed E-state index contributed by atoms with van der Waals surface area (Å²) in [6, 6.07) is 10.2. The molecule has 0 aliphatic carbocycles. The van der Waals surface area contributed by atoms with Crippen LogP contribution in [0.4, 0.5) is 5.69 Å². The van der Waals surface area contributed by atoms with E-state index < -0.39 is 11.9 Å². The van der Waals surface area contributed by atoms with Gasteiger partial charge in [0.1, 0.15) is 12.4 Å². The molecule has 1 amide bonds. The van der Waals surface area contributed by atoms with E-state index in [9.17, 15) is 14.4 Å². The fourth-order valence-corrected chi connectivity index (χ4v) is 4.12. The molecule has 1 heterocycles. The molecule has 194 valence electrons. The SMILES string of the molecule is C=CCn1c(COc2cc(C)ccc2C)nnc1SCC(=O)Nc1cc(C(=O)OC)cc(C(=O)OC)c1. The average molecular weight is 525 g/mol. The van der Waals surface area contributed by atoms with Crippen molar-refractivity contribution in [3.05, 3.63) is 77.1 Å². The molecule has 0 unspecified atom stereocenters. The highest BCUT2D eigenvalue weighted by molar-refractivity contribution is 7.99. The maximum atomic E-state index is 12.7. The summed E-state index contributed by atoms with van der Waals surface area (Å²) in [6.07, 6.45) is 1.71. The molecular formula is C26H28N4O6S. The first-order valence-corrected chi connectivity index (χ1v) is 12.2. The topological polar surface area (TPSA) is 122 Å². The smallest absolute Gasteiger partial charge is 0.337 e. The second-order valence-electron chi connectivity index (χ2n) is 7.97. The van der Waals surface area contributed by atoms with Gasteiger partial charge in [0.25, 0.3) is 0 Å². The third-order valence-electron chi connectivity index (χ3n) is 5.20. The van der Waals surface area contributed by atoms with E-state index in [-0.39, 0.29) is 35.1 Å². The van der Waals surface area contributed by atoms with Gasteiger partial charge >= 0.3 is 11.9 Å². The van der Waals surface area contributed by atoms with Gasteiger partial charge in [0, 0.05) is 12.2 Å². The summed E-state index contributed by atoms with van der Waals surface area (Å²) < 4.78 is 17.2. The zero-order chi connectivity index (χ0) is 26.9. The molecule has 1 aromatic heterocycles. The monoisotopic (exact) mass is 524 g/mol. The van der Waals surface area contributed by atoms with E-state index in [4.69, 9.17) is 14.2 Å². The van der Waals surface area contributed by atoms with Crippen LogP contribution in [0.1, 0.15) is 37.7 Å². The Bertz CT molecular complexity index is 1290. The Balaban J connectivity index is 1.70. The molecule has 3 aromatic rings. The number of carbonyl (C=O) groups excluding carboxylic acids is 3. The molecule has 0 saturated heterocycles. The predicted octanol–water partition coefficient (Wildman–Crippen LogP) is 3.96. The highest BCUT2D eigenvalue weighted by atomic mass is 32.2. The van der Waals surface area contributed by atoms with Crippen LogP contribution in [0.5, 0.6) is 5.75 Å². The van der Waals surface area contributed by atoms with E-state index in [0.29, 0.717) is 17.5 Å². The first-order valence-electron chi connectivity index (χ1n) is 11.2. The third kappa shape index (κ3) is 7.20. The maximum absolute atomic E-state index is 12.7. The van der Waals surface area contributed by atoms with Crippen molar-refractivity contribution in [3.8, 4) is 5.75 Å². The van der Waals surface area contributed by atoms with Crippen molar-refractivity contribution < 1.29 is 28.6 Å². The van der Waals surface area contributed by atoms with E-state index in [1.54, 1.807) is 6.08 Å². The third-order valence-corrected chi connectivity index (χ3v) is 6.16. The molecule has 0 saturated carbocycles. The number of hydrogen-bond acceptors (Lipinski definition) is 9. The van der Waals surface area contributed by atoms with Gasteiger partial charge in [-0.1, -0.05) is 30.0 Å². The van der Waals surface area contributed by atoms with Crippen LogP contribution >= 0.6 is 11.8 Å². The highest BCUT2D eigenvalue weighted by Crippen LogP contribution is 2.23. The van der Waals surface area contributed by atoms with E-state index >= 15 is 0 Å². The summed E-state index contributed by atoms with van der Waals surface area (Å²) in [6.45, 7) is 8.39. The van der Waals surface area contributed by atoms with Crippen LogP contribution < -0.4 is 10.1 Å². The van der Waals surface area contributed by atoms with Gasteiger partial charge in [-0.2, -0.15) is 0 Å². The molecule has 0 fully saturated rings. The first kappa shape index (κ1) is 27.5. The van der Waals surface area contributed by atoms with Gasteiger partial charge in [-0.15, -0.1) is 16.8 Å². The fraction of sp³-hybridized carbons (Fsp3) is 0.269. The molecule has 1 N–H and O–H groups in total. The van der Waals surface area contributed by atoms with Gasteiger partial charge in [0.15, 0.2) is 11.0 Å². The molecule has 37 heavy (non-hydrogen) atoms. The lowest BCUT2D eigenvalue weighted by Crippen LogP contribution is -2.16. The van der Waals surface area contributed by atoms with E-state index in [2.05, 4.69) is 22.1 Å². The Labute approximate surface area is 219 Å². The number of nitrogens with zero attached hydrogens (tertiary/aromatic N) is 3. The highest BCUT2D eigenvalue weighted by Gasteiger charge is 2.17. The molecular weight excluding hydrogens is 496 g/mol. The van der Waals surface area contributed by atoms with Crippen molar-refractivity contribution in [3.63, 3.8) is 0 Å². The minimum absolute atomic E-state index is 0.00311. The number of aryl methyl sites for hydroxylation is 2. The van der Waals surface area contributed by atoms with Crippen molar-refractivity contribution >= 4 is 35.3 Å². The number of benzene rings is 2. The molecule has 0 aliphatic rings. The molecule has 0 spiro atoms. The summed E-state index contributed by atoms with van der Waals surface area (Å²) in [5.74, 6) is -0.306. The molecule has 0 radical (unpaired) electrons. The number of ether oxygens (including phenoxy) is 3. The molecule has 0 atom stereocenters. The minimum atomic E-state index is -0.649. The number of aromatic nitrogens is 3. The molecule has 0 bridgehead atoms. The number of hydrogen-bond donors (Lipinski definition) is 1. The second kappa shape index (κ2) is 12.7. The quantitative estimate of drug-likeness (QED) is 0.226. The van der Waals surface area contributed by atoms with Crippen LogP contribution in [-0.4, -0.2) is 52.6 Å². The molecule has 3 rings (SSSR count). The number of amides is 1. The number of anilines is 1. The van der Waals surface area contributed by atoms with Crippen molar-refractivity contribution in [2.45, 2.75) is 32.2 Å². The van der Waals surface area contributed by atoms with Crippen molar-refractivity contribution in [2.24, 2.45) is 0 Å². The average Bonchev–Trinajstić information content (AvgIpc) is 3.28. The number of methoxy groups -OCH3 is 2. The van der Waals surface area contributed by atoms with Gasteiger partial charge in [-0.25, -0.2) is 9.59 Å². The lowest BCUT2D eigenvalue weighted by Gasteiger charge is -2.12. The summed E-state index contributed by atoms with van der Waals surface area (Å²) in [5.41, 5.74) is 2.56. The van der Waals surface area contributed by atoms with E-state index in [0.717, 1.165) is 16.9 Å². The van der Waals surface area contributed by atoms with E-state index in [1.165, 1.54) is 44.2 Å². The Kier molecular flexibility index (Phi) is 9.45. The zero-order valence-corrected chi connectivity index (χ0v) is 21.9. The standard InChI is InChI=1S/C26H28N4O6S/c1-6-9-30-22(14-36-21-10-16(2)7-8-17(21)3)28-29-26(30)37-15-23(31)27-20-12-18(24(32)34-4)11-19(13-20)25(33)35-5/h6-8,10-13H,1,9,14-15H2,2-5H3,(H,27,31). The van der Waals surface area contributed by atoms with Gasteiger partial charge in [-0.05, 0) is 49.2 Å². The number of thioether (sulfide) groups is 1. The van der Waals surface area contributed by atoms with Gasteiger partial charge in [0.2, 0.25) is 5.91 Å². The maximum Gasteiger partial charge on any atom is 0.337 e. The summed E-state index contributed by atoms with van der Waals surface area (Å²) in [4.78, 5) is 36.6. The Morgan fingerprint density at radius 2 is 1.70 bits per heavy atom. The zero-order valence-electron chi connectivity index (χ0n) is 21.1. The Hall–Kier alpha value is -4.12. The summed E-state index contributed by atoms with van der Waals surface area (Å²) in [7, 11) is 2.45. The molecule has 10 nitrogen and oxygen atoms in total. The summed E-state index contributed by atoms with van der Waals surface area (Å²) in [5, 5.41) is 11.6. The largest absolute Gasteiger partial charge is 0.485 e. The number of rotatable bonds is 11. The van der Waals surface area contributed by atoms with Crippen molar-refractivity contribution in [1.29, 1.82) is 0 Å². The van der Waals surface area contributed by atoms with Gasteiger partial charge in [-0.3, -0.25) is 9.36 Å². The van der Waals surface area contributed by atoms with Gasteiger partial charge in [0.05, 0.1) is 31.1 Å². The minimum Gasteiger partial charge on any atom is -0.485 e. The van der Waals surface area contributed by atoms with Crippen LogP contribution in [0.2, 0.25) is 0 Å². The van der Waals surface area contributed by atoms with Crippen molar-refractivity contribution in [2.75, 3.05) is 25.3 Å². The fourth-order valence-electron chi connectivity index (χ4n) is 3.35. The first-order chi connectivity index (χ1) is 17.7. The lowest BCUT2D eigenvalue weighted by molar-refractivity contribution is -0.113. The van der Waals surface area contributed by atoms with Crippen LogP contribution in [0.3, 0.4) is 0 Å². The molecule has 11 heteroatoms. The second-order valence-corrected chi connectivity index (χ2v) is 8.92. The van der Waals surface area contributed by atoms with Crippen molar-refractivity contribution in [1.82, 2.24) is 14.8 Å². The van der Waals surface area contributed by atoms with Crippen LogP contribution in [0.25, 0.3) is 0 Å². The lowest BCUT2D eigenvalue weighted by atomic mass is 10.1. The van der Waals surface area contributed by atoms with Crippen LogP contribution in [0, 0.1) is 13.8 Å². The number of nitrogens with one attached hydrogen (secondary N) is 1. The molecule has 2 aromatic carbocycles. The number of esters is 2. The number of allylic oxidation sites excluding steroid dienone is 1. The van der Waals surface area contributed by atoms with E-state index in [1.807, 2.05) is 36.6 Å². The van der Waals surface area contributed by atoms with Gasteiger partial charge < -0.3 is 19.5 Å². The number of carbonyl (C=O) groups is 3. The normalized spacial score (nSPS) is 10.5. The predicted molar refractivity (Wildman–Crippen MR) is 139 cm³/mol. The van der Waals surface area contributed by atoms with Crippen LogP contribution in [-0.2, 0) is 27.4 Å². The summed E-state index contributed by atoms with van der Waals surface area (Å²) >= 11 is 1.18.